The molecule has 7 rings (SSSR count). The Labute approximate surface area is 378 Å². The number of hydrogen-bond donors (Lipinski definition) is 2. The number of fused-ring (bicyclic) bond motifs is 2. The molecule has 0 spiro atoms. The van der Waals surface area contributed by atoms with Crippen molar-refractivity contribution in [2.75, 3.05) is 19.8 Å². The van der Waals surface area contributed by atoms with Crippen LogP contribution in [-0.2, 0) is 20.9 Å². The first kappa shape index (κ1) is 47.1. The Balaban J connectivity index is 1.45. The van der Waals surface area contributed by atoms with Gasteiger partial charge in [-0.25, -0.2) is 4.39 Å². The molecule has 6 atom stereocenters. The molecule has 3 aliphatic carbocycles. The van der Waals surface area contributed by atoms with Crippen LogP contribution in [0.3, 0.4) is 0 Å². The molecule has 2 N–H and O–H groups in total. The molecule has 2 saturated carbocycles. The summed E-state index contributed by atoms with van der Waals surface area (Å²) in [6.07, 6.45) is 15.3. The molecule has 0 bridgehead atoms. The highest BCUT2D eigenvalue weighted by Crippen LogP contribution is 2.62. The van der Waals surface area contributed by atoms with Crippen molar-refractivity contribution in [3.63, 3.8) is 0 Å². The normalized spacial score (nSPS) is 24.6. The molecular weight excluding hydrogens is 812 g/mol. The van der Waals surface area contributed by atoms with E-state index >= 15 is 4.79 Å². The maximum Gasteiger partial charge on any atom is 0.239 e. The molecule has 3 aromatic carbocycles. The highest BCUT2D eigenvalue weighted by molar-refractivity contribution is 6.03. The summed E-state index contributed by atoms with van der Waals surface area (Å²) < 4.78 is 35.5. The average Bonchev–Trinajstić information content (AvgIpc) is 3.82. The predicted octanol–water partition coefficient (Wildman–Crippen LogP) is 10.9. The van der Waals surface area contributed by atoms with Crippen molar-refractivity contribution < 1.29 is 43.2 Å². The molecular formula is C53H67FN2O8. The second kappa shape index (κ2) is 21.4. The Morgan fingerprint density at radius 2 is 1.70 bits per heavy atom. The zero-order valence-electron chi connectivity index (χ0n) is 37.9. The van der Waals surface area contributed by atoms with Crippen molar-refractivity contribution in [3.8, 4) is 17.2 Å². The van der Waals surface area contributed by atoms with Gasteiger partial charge < -0.3 is 34.2 Å². The Bertz CT molecular complexity index is 2120. The van der Waals surface area contributed by atoms with Crippen LogP contribution in [0.4, 0.5) is 4.39 Å². The predicted molar refractivity (Wildman–Crippen MR) is 246 cm³/mol. The van der Waals surface area contributed by atoms with Gasteiger partial charge in [-0.05, 0) is 124 Å². The van der Waals surface area contributed by atoms with Crippen molar-refractivity contribution in [1.82, 2.24) is 4.90 Å². The van der Waals surface area contributed by atoms with E-state index in [2.05, 4.69) is 12.7 Å². The second-order valence-corrected chi connectivity index (χ2v) is 19.1. The molecule has 10 nitrogen and oxygen atoms in total. The standard InChI is InChI=1S/C53H67FN2O8/c1-5-29-61-53-48(56(34-37-19-22-40(54)23-20-37)49(60)26-21-36-13-6-7-14-36)33-46(55-64-52(2,3)4)44-31-39(16-8-10-27-57)43(18-9-11-28-58)50(51(44)53)45-32-42(24-25-47(45)63-53)62-41-17-12-15-38(30-41)35-59/h5,12,15,17,19-20,22-25,30-32,35-36,39,43,48,50-51,57-58H,1,6-11,13-14,16,18,21,26-29,33-34H2,2-4H3/t39-,43+,48-,50+,51+,53+/m0/s1. The molecule has 344 valence electrons. The van der Waals surface area contributed by atoms with Gasteiger partial charge in [-0.1, -0.05) is 80.1 Å². The van der Waals surface area contributed by atoms with Crippen LogP contribution in [0.25, 0.3) is 0 Å². The fourth-order valence-electron chi connectivity index (χ4n) is 10.6. The van der Waals surface area contributed by atoms with Gasteiger partial charge in [-0.2, -0.15) is 0 Å². The van der Waals surface area contributed by atoms with E-state index in [1.165, 1.54) is 25.0 Å². The van der Waals surface area contributed by atoms with Gasteiger partial charge in [0.05, 0.1) is 18.2 Å². The largest absolute Gasteiger partial charge is 0.459 e. The Hall–Kier alpha value is -4.84. The van der Waals surface area contributed by atoms with E-state index in [9.17, 15) is 19.4 Å². The first-order valence-corrected chi connectivity index (χ1v) is 23.5. The Morgan fingerprint density at radius 3 is 2.41 bits per heavy atom. The molecule has 2 fully saturated rings. The van der Waals surface area contributed by atoms with E-state index < -0.39 is 23.3 Å². The number of aliphatic hydroxyl groups excluding tert-OH is 2. The van der Waals surface area contributed by atoms with Crippen LogP contribution in [-0.4, -0.2) is 70.3 Å². The van der Waals surface area contributed by atoms with E-state index in [-0.39, 0.29) is 62.3 Å². The van der Waals surface area contributed by atoms with Crippen molar-refractivity contribution in [3.05, 3.63) is 114 Å². The summed E-state index contributed by atoms with van der Waals surface area (Å²) in [5.74, 6) is -0.302. The lowest BCUT2D eigenvalue weighted by Crippen LogP contribution is -2.70. The lowest BCUT2D eigenvalue weighted by atomic mass is 9.55. The van der Waals surface area contributed by atoms with Crippen LogP contribution in [0.1, 0.15) is 132 Å². The number of aliphatic hydroxyl groups is 2. The monoisotopic (exact) mass is 878 g/mol. The number of allylic oxidation sites excluding steroid dienone is 1. The van der Waals surface area contributed by atoms with Crippen LogP contribution in [0.5, 0.6) is 17.2 Å². The van der Waals surface area contributed by atoms with Gasteiger partial charge in [0.15, 0.2) is 0 Å². The summed E-state index contributed by atoms with van der Waals surface area (Å²) in [5, 5.41) is 25.0. The molecule has 0 aromatic heterocycles. The quantitative estimate of drug-likeness (QED) is 0.0469. The van der Waals surface area contributed by atoms with Crippen LogP contribution in [0, 0.1) is 29.5 Å². The second-order valence-electron chi connectivity index (χ2n) is 19.1. The smallest absolute Gasteiger partial charge is 0.239 e. The number of aldehydes is 1. The number of ether oxygens (including phenoxy) is 3. The number of benzene rings is 3. The van der Waals surface area contributed by atoms with E-state index in [4.69, 9.17) is 24.2 Å². The van der Waals surface area contributed by atoms with E-state index in [0.717, 1.165) is 67.9 Å². The van der Waals surface area contributed by atoms with Crippen LogP contribution in [0.2, 0.25) is 0 Å². The number of carbonyl (C=O) groups excluding carboxylic acids is 2. The number of carbonyl (C=O) groups is 2. The minimum Gasteiger partial charge on any atom is -0.459 e. The minimum atomic E-state index is -1.44. The highest BCUT2D eigenvalue weighted by atomic mass is 19.1. The number of hydrogen-bond acceptors (Lipinski definition) is 9. The third kappa shape index (κ3) is 11.0. The summed E-state index contributed by atoms with van der Waals surface area (Å²) in [4.78, 5) is 35.0. The molecule has 0 saturated heterocycles. The van der Waals surface area contributed by atoms with Crippen LogP contribution >= 0.6 is 0 Å². The summed E-state index contributed by atoms with van der Waals surface area (Å²) in [7, 11) is 0. The number of rotatable bonds is 21. The van der Waals surface area contributed by atoms with Crippen LogP contribution in [0.15, 0.2) is 96.2 Å². The zero-order chi connectivity index (χ0) is 45.3. The van der Waals surface area contributed by atoms with Crippen molar-refractivity contribution in [2.24, 2.45) is 28.8 Å². The average molecular weight is 879 g/mol. The van der Waals surface area contributed by atoms with Gasteiger partial charge in [0.25, 0.3) is 0 Å². The van der Waals surface area contributed by atoms with E-state index in [1.807, 2.05) is 49.9 Å². The first-order chi connectivity index (χ1) is 31.0. The summed E-state index contributed by atoms with van der Waals surface area (Å²) >= 11 is 0. The SMILES string of the molecule is C=CCO[C@@]12Oc3ccc(Oc4cccc(C=O)c4)cc3[C@H]3[C@H](CCCCO)[C@@H](CCCCO)C=C(C(=NOC(C)(C)C)C[C@@H]1N(Cc1ccc(F)cc1)C(=O)CCC1CCCC1)[C@H]32. The van der Waals surface area contributed by atoms with Crippen molar-refractivity contribution in [1.29, 1.82) is 0 Å². The number of amides is 1. The minimum absolute atomic E-state index is 0.0224. The van der Waals surface area contributed by atoms with Crippen LogP contribution < -0.4 is 9.47 Å². The number of halogens is 1. The highest BCUT2D eigenvalue weighted by Gasteiger charge is 2.65. The summed E-state index contributed by atoms with van der Waals surface area (Å²) in [5.41, 5.74) is 3.24. The summed E-state index contributed by atoms with van der Waals surface area (Å²) in [6, 6.07) is 18.5. The molecule has 1 amide bonds. The number of unbranched alkanes of at least 4 members (excludes halogenated alkanes) is 2. The molecule has 64 heavy (non-hydrogen) atoms. The third-order valence-electron chi connectivity index (χ3n) is 13.5. The Morgan fingerprint density at radius 1 is 0.969 bits per heavy atom. The number of nitrogens with zero attached hydrogens (tertiary/aromatic N) is 2. The fourth-order valence-corrected chi connectivity index (χ4v) is 10.6. The van der Waals surface area contributed by atoms with E-state index in [0.29, 0.717) is 53.7 Å². The van der Waals surface area contributed by atoms with Crippen molar-refractivity contribution in [2.45, 2.75) is 134 Å². The van der Waals surface area contributed by atoms with Gasteiger partial charge in [-0.3, -0.25) is 9.59 Å². The third-order valence-corrected chi connectivity index (χ3v) is 13.5. The fraction of sp³-hybridized carbons (Fsp3) is 0.528. The molecule has 1 heterocycles. The lowest BCUT2D eigenvalue weighted by molar-refractivity contribution is -0.258. The number of oxime groups is 1. The first-order valence-electron chi connectivity index (χ1n) is 23.5. The molecule has 11 heteroatoms. The van der Waals surface area contributed by atoms with Gasteiger partial charge in [-0.15, -0.1) is 6.58 Å². The van der Waals surface area contributed by atoms with Gasteiger partial charge in [0.2, 0.25) is 11.7 Å². The van der Waals surface area contributed by atoms with Gasteiger partial charge in [0, 0.05) is 49.6 Å². The molecule has 1 aliphatic heterocycles. The topological polar surface area (TPSA) is 127 Å². The maximum atomic E-state index is 15.1. The Kier molecular flexibility index (Phi) is 15.8. The maximum absolute atomic E-state index is 15.1. The molecule has 3 aromatic rings. The molecule has 0 unspecified atom stereocenters. The molecule has 4 aliphatic rings. The zero-order valence-corrected chi connectivity index (χ0v) is 37.9. The lowest BCUT2D eigenvalue weighted by Gasteiger charge is -2.60. The summed E-state index contributed by atoms with van der Waals surface area (Å²) in [6.45, 7) is 10.5. The van der Waals surface area contributed by atoms with E-state index in [1.54, 1.807) is 36.4 Å². The van der Waals surface area contributed by atoms with Crippen molar-refractivity contribution >= 4 is 17.9 Å². The van der Waals surface area contributed by atoms with Gasteiger partial charge >= 0.3 is 0 Å². The molecule has 0 radical (unpaired) electrons. The van der Waals surface area contributed by atoms with Gasteiger partial charge in [0.1, 0.15) is 41.0 Å².